The van der Waals surface area contributed by atoms with Gasteiger partial charge in [-0.1, -0.05) is 140 Å². The van der Waals surface area contributed by atoms with Crippen molar-refractivity contribution in [3.63, 3.8) is 0 Å². The van der Waals surface area contributed by atoms with Gasteiger partial charge < -0.3 is 18.9 Å². The zero-order valence-corrected chi connectivity index (χ0v) is 58.4. The van der Waals surface area contributed by atoms with Crippen molar-refractivity contribution in [3.8, 4) is 34.5 Å². The van der Waals surface area contributed by atoms with E-state index in [0.29, 0.717) is 33.2 Å². The van der Waals surface area contributed by atoms with E-state index in [9.17, 15) is 20.2 Å². The third-order valence-electron chi connectivity index (χ3n) is 29.1. The maximum atomic E-state index is 12.8. The summed E-state index contributed by atoms with van der Waals surface area (Å²) in [5.74, 6) is 4.92. The molecule has 0 N–H and O–H groups in total. The fraction of sp³-hybridized carbons (Fsp3) is 0.581. The van der Waals surface area contributed by atoms with Crippen molar-refractivity contribution in [1.29, 1.82) is 0 Å². The van der Waals surface area contributed by atoms with Crippen molar-refractivity contribution in [1.82, 2.24) is 0 Å². The molecule has 10 nitrogen and oxygen atoms in total. The number of rotatable bonds is 17. The topological polar surface area (TPSA) is 123 Å². The number of nitro benzene ring substituents is 2. The van der Waals surface area contributed by atoms with E-state index in [1.807, 2.05) is 72.8 Å². The molecule has 0 spiro atoms. The fourth-order valence-electron chi connectivity index (χ4n) is 30.8. The van der Waals surface area contributed by atoms with E-state index in [2.05, 4.69) is 91.8 Å². The highest BCUT2D eigenvalue weighted by Crippen LogP contribution is 2.86. The molecule has 16 aliphatic rings. The molecule has 502 valence electrons. The predicted molar refractivity (Wildman–Crippen MR) is 375 cm³/mol. The first kappa shape index (κ1) is 61.6. The van der Waals surface area contributed by atoms with Crippen molar-refractivity contribution in [3.05, 3.63) is 187 Å². The van der Waals surface area contributed by atoms with Gasteiger partial charge in [-0.25, -0.2) is 0 Å². The van der Waals surface area contributed by atoms with E-state index in [1.54, 1.807) is 24.3 Å². The van der Waals surface area contributed by atoms with Gasteiger partial charge >= 0.3 is 11.4 Å². The summed E-state index contributed by atoms with van der Waals surface area (Å²) in [6.45, 7) is 21.5. The van der Waals surface area contributed by atoms with Crippen molar-refractivity contribution >= 4 is 11.4 Å². The van der Waals surface area contributed by atoms with Crippen LogP contribution in [0.3, 0.4) is 0 Å². The Morgan fingerprint density at radius 1 is 0.344 bits per heavy atom. The molecule has 16 aliphatic carbocycles. The Bertz CT molecular complexity index is 3890. The monoisotopic (exact) mass is 1290 g/mol. The van der Waals surface area contributed by atoms with Crippen LogP contribution < -0.4 is 18.9 Å². The molecule has 0 heterocycles. The van der Waals surface area contributed by atoms with Crippen LogP contribution in [0.25, 0.3) is 0 Å². The van der Waals surface area contributed by atoms with Gasteiger partial charge in [0.25, 0.3) is 0 Å². The number of ether oxygens (including phenoxy) is 4. The molecule has 0 aromatic heterocycles. The highest BCUT2D eigenvalue weighted by Gasteiger charge is 2.77. The zero-order valence-electron chi connectivity index (χ0n) is 58.4. The van der Waals surface area contributed by atoms with Crippen molar-refractivity contribution in [2.45, 2.75) is 244 Å². The Morgan fingerprint density at radius 3 is 1.01 bits per heavy atom. The first-order chi connectivity index (χ1) is 45.4. The molecule has 16 fully saturated rings. The number of benzene rings is 6. The zero-order chi connectivity index (χ0) is 66.2. The minimum absolute atomic E-state index is 0.0412. The molecule has 16 bridgehead atoms. The molecule has 0 radical (unpaired) electrons. The van der Waals surface area contributed by atoms with Gasteiger partial charge in [0.2, 0.25) is 11.5 Å². The largest absolute Gasteiger partial charge is 0.482 e. The van der Waals surface area contributed by atoms with Gasteiger partial charge in [-0.2, -0.15) is 0 Å². The summed E-state index contributed by atoms with van der Waals surface area (Å²) in [4.78, 5) is 24.9. The molecule has 6 aromatic carbocycles. The Kier molecular flexibility index (Phi) is 12.9. The predicted octanol–water partition coefficient (Wildman–Crippen LogP) is 22.7. The van der Waals surface area contributed by atoms with Crippen molar-refractivity contribution < 1.29 is 28.8 Å². The number of nitro groups is 2. The quantitative estimate of drug-likeness (QED) is 0.0653. The lowest BCUT2D eigenvalue weighted by Crippen LogP contribution is -2.71. The van der Waals surface area contributed by atoms with E-state index in [4.69, 9.17) is 18.9 Å². The van der Waals surface area contributed by atoms with Gasteiger partial charge in [0, 0.05) is 46.2 Å². The van der Waals surface area contributed by atoms with Crippen molar-refractivity contribution in [2.24, 2.45) is 66.0 Å². The highest BCUT2D eigenvalue weighted by molar-refractivity contribution is 5.57. The first-order valence-electron chi connectivity index (χ1n) is 37.0. The summed E-state index contributed by atoms with van der Waals surface area (Å²) in [5.41, 5.74) is 8.86. The number of hydrogen-bond acceptors (Lipinski definition) is 8. The third-order valence-corrected chi connectivity index (χ3v) is 29.1. The molecular formula is C86H100N2O8. The van der Waals surface area contributed by atoms with Gasteiger partial charge in [-0.3, -0.25) is 20.2 Å². The average Bonchev–Trinajstić information content (AvgIpc) is 0.651. The van der Waals surface area contributed by atoms with Crippen LogP contribution >= 0.6 is 0 Å². The van der Waals surface area contributed by atoms with Crippen LogP contribution in [0.2, 0.25) is 0 Å². The van der Waals surface area contributed by atoms with Gasteiger partial charge in [0.15, 0.2) is 0 Å². The van der Waals surface area contributed by atoms with Gasteiger partial charge in [0.05, 0.1) is 9.85 Å². The molecule has 22 rings (SSSR count). The molecule has 10 heteroatoms. The van der Waals surface area contributed by atoms with Crippen LogP contribution in [0.5, 0.6) is 34.5 Å². The molecule has 8 atom stereocenters. The summed E-state index contributed by atoms with van der Waals surface area (Å²) in [7, 11) is 0. The summed E-state index contributed by atoms with van der Waals surface area (Å²) in [5, 5.41) is 25.5. The van der Waals surface area contributed by atoms with Gasteiger partial charge in [-0.05, 0) is 277 Å². The van der Waals surface area contributed by atoms with Gasteiger partial charge in [0.1, 0.15) is 36.2 Å². The SMILES string of the molecule is CC12CC3CC(C)(C1)CC(c1ccc(C45CC6(C)CC(C)(C4)CC(C47CC8(C)CC(C)(CC(c9ccc(C%10%11CC%12CC(C)(CC(C)(C%12)C%10)C%11)cc9Oc9ccc([N+](=O)[O-])c(OCc%10ccccc%10)c9)(C8)C4)C7)(C6)C5)c(Oc4ccc([N+](=O)[O-])c(OCc5ccccc5)c4)c1)(C3)C2. The smallest absolute Gasteiger partial charge is 0.311 e. The van der Waals surface area contributed by atoms with Crippen molar-refractivity contribution in [2.75, 3.05) is 0 Å². The molecule has 8 unspecified atom stereocenters. The first-order valence-corrected chi connectivity index (χ1v) is 37.0. The maximum Gasteiger partial charge on any atom is 0.311 e. The minimum atomic E-state index is -0.333. The molecule has 96 heavy (non-hydrogen) atoms. The maximum absolute atomic E-state index is 12.8. The second kappa shape index (κ2) is 20.0. The lowest BCUT2D eigenvalue weighted by Gasteiger charge is -2.80. The minimum Gasteiger partial charge on any atom is -0.482 e. The summed E-state index contributed by atoms with van der Waals surface area (Å²) < 4.78 is 28.0. The lowest BCUT2D eigenvalue weighted by molar-refractivity contribution is -0.386. The number of hydrogen-bond donors (Lipinski definition) is 0. The van der Waals surface area contributed by atoms with Crippen LogP contribution in [0.15, 0.2) is 133 Å². The Morgan fingerprint density at radius 2 is 0.677 bits per heavy atom. The van der Waals surface area contributed by atoms with Crippen LogP contribution in [-0.2, 0) is 34.9 Å². The van der Waals surface area contributed by atoms with E-state index in [1.165, 1.54) is 138 Å². The molecule has 6 aromatic rings. The summed E-state index contributed by atoms with van der Waals surface area (Å²) in [6, 6.07) is 45.5. The van der Waals surface area contributed by atoms with E-state index in [-0.39, 0.29) is 100 Å². The molecule has 0 amide bonds. The summed E-state index contributed by atoms with van der Waals surface area (Å²) >= 11 is 0. The van der Waals surface area contributed by atoms with Crippen LogP contribution in [0.4, 0.5) is 11.4 Å². The van der Waals surface area contributed by atoms with Gasteiger partial charge in [-0.15, -0.1) is 0 Å². The molecule has 0 saturated heterocycles. The normalized spacial score (nSPS) is 42.0. The average molecular weight is 1290 g/mol. The Balaban J connectivity index is 0.761. The van der Waals surface area contributed by atoms with E-state index >= 15 is 0 Å². The third kappa shape index (κ3) is 9.75. The Hall–Kier alpha value is -6.68. The van der Waals surface area contributed by atoms with Crippen LogP contribution in [0, 0.1) is 86.2 Å². The van der Waals surface area contributed by atoms with Crippen LogP contribution in [0.1, 0.15) is 243 Å². The second-order valence-corrected chi connectivity index (χ2v) is 39.3. The van der Waals surface area contributed by atoms with Crippen LogP contribution in [-0.4, -0.2) is 9.85 Å². The fourth-order valence-corrected chi connectivity index (χ4v) is 30.8. The lowest BCUT2D eigenvalue weighted by atomic mass is 9.24. The standard InChI is InChI=1S/C86H100N2O8/c1-73-31-59-32-74(2,39-73)44-81(35-59,43-73)61-19-23-65(69(27-61)95-63-21-25-67(87(89)90)71(29-63)93-37-57-15-11-9-12-16-57)83-47-77(5)41-78(6,48-83)52-85(51-77,55-83)86-53-79(7)42-80(8,54-86)50-84(49-79,56-86)66-24-20-62(82-36-60-33-75(3,45-82)40-76(4,34-60)46-82)28-70(66)96-64-22-26-68(88(91)92)72(30-64)94-38-58-17-13-10-14-18-58/h9-30,59-60H,31-56H2,1-8H3. The van der Waals surface area contributed by atoms with E-state index in [0.717, 1.165) is 73.0 Å². The molecule has 0 aliphatic heterocycles. The summed E-state index contributed by atoms with van der Waals surface area (Å²) in [6.07, 6.45) is 29.3. The molecule has 16 saturated carbocycles. The highest BCUT2D eigenvalue weighted by atomic mass is 16.6. The second-order valence-electron chi connectivity index (χ2n) is 39.3. The van der Waals surface area contributed by atoms with E-state index < -0.39 is 0 Å². The molecular weight excluding hydrogens is 1190 g/mol. The number of nitrogens with zero attached hydrogens (tertiary/aromatic N) is 2. The Labute approximate surface area is 569 Å².